The number of amides is 1. The van der Waals surface area contributed by atoms with E-state index in [1.165, 1.54) is 6.42 Å². The lowest BCUT2D eigenvalue weighted by molar-refractivity contribution is 0.0899. The number of nitrogens with one attached hydrogen (secondary N) is 1. The summed E-state index contributed by atoms with van der Waals surface area (Å²) in [5.41, 5.74) is 0.358. The van der Waals surface area contributed by atoms with Gasteiger partial charge in [0, 0.05) is 11.6 Å². The van der Waals surface area contributed by atoms with Crippen LogP contribution >= 0.6 is 0 Å². The summed E-state index contributed by atoms with van der Waals surface area (Å²) in [5, 5.41) is 2.98. The molecule has 1 aromatic rings. The van der Waals surface area contributed by atoms with E-state index in [0.29, 0.717) is 42.6 Å². The average Bonchev–Trinajstić information content (AvgIpc) is 3.05. The van der Waals surface area contributed by atoms with Crippen LogP contribution in [0.2, 0.25) is 0 Å². The second kappa shape index (κ2) is 10.5. The maximum absolute atomic E-state index is 13.1. The third-order valence-electron chi connectivity index (χ3n) is 5.67. The molecular weight excluding hydrogens is 420 g/mol. The maximum Gasteiger partial charge on any atom is 0.251 e. The highest BCUT2D eigenvalue weighted by Crippen LogP contribution is 2.39. The zero-order chi connectivity index (χ0) is 22.4. The minimum atomic E-state index is -3.20. The summed E-state index contributed by atoms with van der Waals surface area (Å²) in [6.07, 6.45) is 3.29. The summed E-state index contributed by atoms with van der Waals surface area (Å²) < 4.78 is 41.8. The molecule has 0 aliphatic carbocycles. The SMILES string of the molecule is CCOc1cc(C(=O)NC2CS(=O)(=O)CC2N2CCCCC2)cc(OCC)c1OCC. The Morgan fingerprint density at radius 2 is 1.55 bits per heavy atom. The van der Waals surface area contributed by atoms with E-state index >= 15 is 0 Å². The van der Waals surface area contributed by atoms with E-state index in [2.05, 4.69) is 10.2 Å². The van der Waals surface area contributed by atoms with Crippen molar-refractivity contribution in [2.75, 3.05) is 44.4 Å². The average molecular weight is 455 g/mol. The van der Waals surface area contributed by atoms with E-state index in [9.17, 15) is 13.2 Å². The highest BCUT2D eigenvalue weighted by Gasteiger charge is 2.42. The molecule has 2 saturated heterocycles. The summed E-state index contributed by atoms with van der Waals surface area (Å²) in [7, 11) is -3.20. The van der Waals surface area contributed by atoms with Crippen LogP contribution < -0.4 is 19.5 Å². The van der Waals surface area contributed by atoms with E-state index in [1.54, 1.807) is 12.1 Å². The Morgan fingerprint density at radius 3 is 2.10 bits per heavy atom. The molecule has 2 heterocycles. The van der Waals surface area contributed by atoms with Crippen molar-refractivity contribution in [2.24, 2.45) is 0 Å². The van der Waals surface area contributed by atoms with Crippen molar-refractivity contribution in [1.29, 1.82) is 0 Å². The zero-order valence-electron chi connectivity index (χ0n) is 18.7. The van der Waals surface area contributed by atoms with Crippen LogP contribution in [0.1, 0.15) is 50.4 Å². The molecule has 31 heavy (non-hydrogen) atoms. The van der Waals surface area contributed by atoms with E-state index in [1.807, 2.05) is 20.8 Å². The molecule has 2 aliphatic rings. The number of likely N-dealkylation sites (tertiary alicyclic amines) is 1. The topological polar surface area (TPSA) is 94.2 Å². The van der Waals surface area contributed by atoms with Gasteiger partial charge < -0.3 is 19.5 Å². The van der Waals surface area contributed by atoms with Gasteiger partial charge in [0.25, 0.3) is 5.91 Å². The van der Waals surface area contributed by atoms with E-state index in [4.69, 9.17) is 14.2 Å². The van der Waals surface area contributed by atoms with Gasteiger partial charge in [-0.05, 0) is 58.8 Å². The molecule has 0 aromatic heterocycles. The first-order chi connectivity index (χ1) is 14.9. The van der Waals surface area contributed by atoms with Gasteiger partial charge in [-0.3, -0.25) is 9.69 Å². The number of hydrogen-bond acceptors (Lipinski definition) is 7. The second-order valence-corrected chi connectivity index (χ2v) is 10.1. The van der Waals surface area contributed by atoms with Crippen LogP contribution in [0.3, 0.4) is 0 Å². The molecule has 2 atom stereocenters. The lowest BCUT2D eigenvalue weighted by atomic mass is 10.0. The van der Waals surface area contributed by atoms with Gasteiger partial charge in [-0.15, -0.1) is 0 Å². The first-order valence-electron chi connectivity index (χ1n) is 11.2. The Kier molecular flexibility index (Phi) is 8.05. The number of ether oxygens (including phenoxy) is 3. The number of nitrogens with zero attached hydrogens (tertiary/aromatic N) is 1. The standard InChI is InChI=1S/C22H34N2O6S/c1-4-28-19-12-16(13-20(29-5-2)21(19)30-6-3)22(25)23-17-14-31(26,27)15-18(17)24-10-8-7-9-11-24/h12-13,17-18H,4-11,14-15H2,1-3H3,(H,23,25). The number of piperidine rings is 1. The molecule has 3 rings (SSSR count). The van der Waals surface area contributed by atoms with Gasteiger partial charge >= 0.3 is 0 Å². The molecule has 1 aromatic carbocycles. The minimum absolute atomic E-state index is 0.0342. The number of sulfone groups is 1. The fourth-order valence-electron chi connectivity index (χ4n) is 4.35. The molecule has 9 heteroatoms. The monoisotopic (exact) mass is 454 g/mol. The van der Waals surface area contributed by atoms with Crippen LogP contribution in [0.4, 0.5) is 0 Å². The summed E-state index contributed by atoms with van der Waals surface area (Å²) in [6.45, 7) is 8.59. The highest BCUT2D eigenvalue weighted by atomic mass is 32.2. The van der Waals surface area contributed by atoms with Crippen molar-refractivity contribution in [3.63, 3.8) is 0 Å². The van der Waals surface area contributed by atoms with Crippen molar-refractivity contribution in [1.82, 2.24) is 10.2 Å². The van der Waals surface area contributed by atoms with Gasteiger partial charge in [0.2, 0.25) is 5.75 Å². The van der Waals surface area contributed by atoms with Crippen LogP contribution in [0, 0.1) is 0 Å². The number of benzene rings is 1. The van der Waals surface area contributed by atoms with Crippen molar-refractivity contribution < 1.29 is 27.4 Å². The molecule has 0 radical (unpaired) electrons. The number of hydrogen-bond donors (Lipinski definition) is 1. The van der Waals surface area contributed by atoms with Crippen molar-refractivity contribution in [3.8, 4) is 17.2 Å². The Labute approximate surface area is 185 Å². The third kappa shape index (κ3) is 5.83. The van der Waals surface area contributed by atoms with Crippen LogP contribution in [-0.4, -0.2) is 75.7 Å². The van der Waals surface area contributed by atoms with Gasteiger partial charge in [0.05, 0.1) is 37.4 Å². The van der Waals surface area contributed by atoms with Crippen LogP contribution in [0.25, 0.3) is 0 Å². The van der Waals surface area contributed by atoms with E-state index in [-0.39, 0.29) is 23.5 Å². The summed E-state index contributed by atoms with van der Waals surface area (Å²) >= 11 is 0. The molecule has 174 valence electrons. The Balaban J connectivity index is 1.85. The van der Waals surface area contributed by atoms with Crippen molar-refractivity contribution in [2.45, 2.75) is 52.1 Å². The van der Waals surface area contributed by atoms with Crippen molar-refractivity contribution in [3.05, 3.63) is 17.7 Å². The normalized spacial score (nSPS) is 23.3. The van der Waals surface area contributed by atoms with Gasteiger partial charge in [-0.1, -0.05) is 6.42 Å². The zero-order valence-corrected chi connectivity index (χ0v) is 19.5. The third-order valence-corrected chi connectivity index (χ3v) is 7.39. The molecule has 1 amide bonds. The van der Waals surface area contributed by atoms with Crippen LogP contribution in [0.15, 0.2) is 12.1 Å². The van der Waals surface area contributed by atoms with Crippen LogP contribution in [-0.2, 0) is 9.84 Å². The molecule has 0 bridgehead atoms. The smallest absolute Gasteiger partial charge is 0.251 e. The molecule has 2 aliphatic heterocycles. The Bertz CT molecular complexity index is 840. The minimum Gasteiger partial charge on any atom is -0.490 e. The Morgan fingerprint density at radius 1 is 0.968 bits per heavy atom. The fourth-order valence-corrected chi connectivity index (χ4v) is 6.30. The summed E-state index contributed by atoms with van der Waals surface area (Å²) in [4.78, 5) is 15.4. The highest BCUT2D eigenvalue weighted by molar-refractivity contribution is 7.91. The van der Waals surface area contributed by atoms with Gasteiger partial charge in [0.1, 0.15) is 0 Å². The number of carbonyl (C=O) groups excluding carboxylic acids is 1. The molecule has 0 saturated carbocycles. The van der Waals surface area contributed by atoms with Crippen molar-refractivity contribution >= 4 is 15.7 Å². The molecule has 2 unspecified atom stereocenters. The first-order valence-corrected chi connectivity index (χ1v) is 13.0. The Hall–Kier alpha value is -2.00. The molecule has 2 fully saturated rings. The fraction of sp³-hybridized carbons (Fsp3) is 0.682. The summed E-state index contributed by atoms with van der Waals surface area (Å²) in [6, 6.07) is 2.64. The quantitative estimate of drug-likeness (QED) is 0.612. The first kappa shape index (κ1) is 23.7. The predicted molar refractivity (Wildman–Crippen MR) is 119 cm³/mol. The maximum atomic E-state index is 13.1. The predicted octanol–water partition coefficient (Wildman–Crippen LogP) is 2.26. The number of carbonyl (C=O) groups is 1. The molecule has 8 nitrogen and oxygen atoms in total. The van der Waals surface area contributed by atoms with Gasteiger partial charge in [0.15, 0.2) is 21.3 Å². The van der Waals surface area contributed by atoms with Crippen LogP contribution in [0.5, 0.6) is 17.2 Å². The largest absolute Gasteiger partial charge is 0.490 e. The molecule has 0 spiro atoms. The second-order valence-electron chi connectivity index (χ2n) is 7.92. The molecular formula is C22H34N2O6S. The lowest BCUT2D eigenvalue weighted by Gasteiger charge is -2.35. The lowest BCUT2D eigenvalue weighted by Crippen LogP contribution is -2.52. The van der Waals surface area contributed by atoms with E-state index < -0.39 is 15.9 Å². The number of rotatable bonds is 9. The van der Waals surface area contributed by atoms with Gasteiger partial charge in [-0.25, -0.2) is 8.42 Å². The molecule has 1 N–H and O–H groups in total. The summed E-state index contributed by atoms with van der Waals surface area (Å²) in [5.74, 6) is 1.06. The van der Waals surface area contributed by atoms with E-state index in [0.717, 1.165) is 25.9 Å². The van der Waals surface area contributed by atoms with Gasteiger partial charge in [-0.2, -0.15) is 0 Å².